The molecule has 1 N–H and O–H groups in total. The van der Waals surface area contributed by atoms with Crippen LogP contribution in [0.1, 0.15) is 23.9 Å². The molecule has 1 aromatic carbocycles. The Hall–Kier alpha value is -1.75. The quantitative estimate of drug-likeness (QED) is 0.914. The molecule has 20 heavy (non-hydrogen) atoms. The van der Waals surface area contributed by atoms with E-state index in [0.717, 1.165) is 17.5 Å². The molecule has 0 aliphatic heterocycles. The van der Waals surface area contributed by atoms with Gasteiger partial charge in [-0.1, -0.05) is 12.1 Å². The van der Waals surface area contributed by atoms with Crippen LogP contribution in [0.2, 0.25) is 0 Å². The summed E-state index contributed by atoms with van der Waals surface area (Å²) in [6.45, 7) is 4.56. The zero-order valence-electron chi connectivity index (χ0n) is 11.6. The number of aromatic nitrogens is 2. The molecule has 0 bridgehead atoms. The summed E-state index contributed by atoms with van der Waals surface area (Å²) in [6.07, 6.45) is -0.324. The van der Waals surface area contributed by atoms with Gasteiger partial charge in [0.2, 0.25) is 0 Å². The number of aryl methyl sites for hydroxylation is 2. The molecule has 0 spiro atoms. The normalized spacial score (nSPS) is 12.7. The second-order valence-electron chi connectivity index (χ2n) is 4.87. The van der Waals surface area contributed by atoms with Gasteiger partial charge in [0.25, 0.3) is 0 Å². The largest absolute Gasteiger partial charge is 0.392 e. The molecule has 5 heteroatoms. The maximum Gasteiger partial charge on any atom is 0.162 e. The van der Waals surface area contributed by atoms with Crippen LogP contribution < -0.4 is 0 Å². The van der Waals surface area contributed by atoms with E-state index in [0.29, 0.717) is 13.0 Å². The number of rotatable bonds is 5. The minimum atomic E-state index is -0.885. The Balaban J connectivity index is 2.09. The van der Waals surface area contributed by atoms with Gasteiger partial charge in [-0.05, 0) is 31.5 Å². The molecule has 0 aliphatic carbocycles. The summed E-state index contributed by atoms with van der Waals surface area (Å²) >= 11 is 0. The molecular formula is C15H18F2N2O. The van der Waals surface area contributed by atoms with Gasteiger partial charge < -0.3 is 5.11 Å². The van der Waals surface area contributed by atoms with Gasteiger partial charge in [0.15, 0.2) is 11.6 Å². The fourth-order valence-electron chi connectivity index (χ4n) is 2.31. The van der Waals surface area contributed by atoms with E-state index in [-0.39, 0.29) is 12.0 Å². The van der Waals surface area contributed by atoms with E-state index in [1.165, 1.54) is 12.1 Å². The molecule has 0 saturated heterocycles. The summed E-state index contributed by atoms with van der Waals surface area (Å²) in [5, 5.41) is 14.4. The summed E-state index contributed by atoms with van der Waals surface area (Å²) in [5.41, 5.74) is 1.97. The first-order valence-corrected chi connectivity index (χ1v) is 6.65. The van der Waals surface area contributed by atoms with Crippen LogP contribution in [0, 0.1) is 18.6 Å². The van der Waals surface area contributed by atoms with E-state index in [1.54, 1.807) is 4.68 Å². The number of halogens is 2. The predicted molar refractivity (Wildman–Crippen MR) is 72.4 cm³/mol. The van der Waals surface area contributed by atoms with E-state index in [2.05, 4.69) is 5.10 Å². The standard InChI is InChI=1S/C15H18F2N2O/c1-3-19-12(7-10(2)18-19)9-13(20)8-11-5-4-6-14(16)15(11)17/h4-7,13,20H,3,8-9H2,1-2H3. The lowest BCUT2D eigenvalue weighted by atomic mass is 10.0. The van der Waals surface area contributed by atoms with Crippen molar-refractivity contribution in [2.45, 2.75) is 39.3 Å². The Morgan fingerprint density at radius 1 is 1.30 bits per heavy atom. The number of aliphatic hydroxyl groups is 1. The Morgan fingerprint density at radius 2 is 2.05 bits per heavy atom. The van der Waals surface area contributed by atoms with Crippen LogP contribution in [0.3, 0.4) is 0 Å². The van der Waals surface area contributed by atoms with Gasteiger partial charge in [0.1, 0.15) is 0 Å². The van der Waals surface area contributed by atoms with Crippen LogP contribution in [-0.4, -0.2) is 21.0 Å². The highest BCUT2D eigenvalue weighted by Gasteiger charge is 2.15. The molecule has 1 heterocycles. The number of nitrogens with zero attached hydrogens (tertiary/aromatic N) is 2. The van der Waals surface area contributed by atoms with Gasteiger partial charge in [-0.25, -0.2) is 8.78 Å². The Morgan fingerprint density at radius 3 is 2.75 bits per heavy atom. The van der Waals surface area contributed by atoms with Crippen LogP contribution in [-0.2, 0) is 19.4 Å². The second kappa shape index (κ2) is 6.13. The summed E-state index contributed by atoms with van der Waals surface area (Å²) in [7, 11) is 0. The third-order valence-corrected chi connectivity index (χ3v) is 3.22. The molecule has 0 fully saturated rings. The average molecular weight is 280 g/mol. The highest BCUT2D eigenvalue weighted by Crippen LogP contribution is 2.15. The van der Waals surface area contributed by atoms with Crippen molar-refractivity contribution in [2.24, 2.45) is 0 Å². The maximum absolute atomic E-state index is 13.5. The smallest absolute Gasteiger partial charge is 0.162 e. The van der Waals surface area contributed by atoms with Gasteiger partial charge in [0, 0.05) is 25.1 Å². The summed E-state index contributed by atoms with van der Waals surface area (Å²) < 4.78 is 28.5. The lowest BCUT2D eigenvalue weighted by molar-refractivity contribution is 0.171. The van der Waals surface area contributed by atoms with E-state index < -0.39 is 17.7 Å². The van der Waals surface area contributed by atoms with Gasteiger partial charge in [-0.15, -0.1) is 0 Å². The Labute approximate surface area is 116 Å². The van der Waals surface area contributed by atoms with Crippen LogP contribution in [0.4, 0.5) is 8.78 Å². The minimum absolute atomic E-state index is 0.0809. The van der Waals surface area contributed by atoms with Crippen molar-refractivity contribution in [2.75, 3.05) is 0 Å². The lowest BCUT2D eigenvalue weighted by Gasteiger charge is -2.12. The van der Waals surface area contributed by atoms with Crippen molar-refractivity contribution in [1.82, 2.24) is 9.78 Å². The van der Waals surface area contributed by atoms with Gasteiger partial charge in [0.05, 0.1) is 11.8 Å². The molecule has 2 rings (SSSR count). The number of hydrogen-bond donors (Lipinski definition) is 1. The third-order valence-electron chi connectivity index (χ3n) is 3.22. The van der Waals surface area contributed by atoms with E-state index in [1.807, 2.05) is 19.9 Å². The van der Waals surface area contributed by atoms with Crippen molar-refractivity contribution in [3.8, 4) is 0 Å². The van der Waals surface area contributed by atoms with Crippen LogP contribution in [0.25, 0.3) is 0 Å². The minimum Gasteiger partial charge on any atom is -0.392 e. The van der Waals surface area contributed by atoms with E-state index >= 15 is 0 Å². The lowest BCUT2D eigenvalue weighted by Crippen LogP contribution is -2.17. The van der Waals surface area contributed by atoms with Crippen LogP contribution >= 0.6 is 0 Å². The number of hydrogen-bond acceptors (Lipinski definition) is 2. The summed E-state index contributed by atoms with van der Waals surface area (Å²) in [5.74, 6) is -1.77. The molecule has 0 aliphatic rings. The van der Waals surface area contributed by atoms with Crippen molar-refractivity contribution in [1.29, 1.82) is 0 Å². The summed E-state index contributed by atoms with van der Waals surface area (Å²) in [4.78, 5) is 0. The SMILES string of the molecule is CCn1nc(C)cc1CC(O)Cc1cccc(F)c1F. The Bertz CT molecular complexity index is 596. The molecule has 2 aromatic rings. The predicted octanol–water partition coefficient (Wildman–Crippen LogP) is 2.64. The molecule has 0 saturated carbocycles. The molecule has 1 atom stereocenters. The molecule has 0 amide bonds. The zero-order valence-corrected chi connectivity index (χ0v) is 11.6. The van der Waals surface area contributed by atoms with E-state index in [9.17, 15) is 13.9 Å². The molecular weight excluding hydrogens is 262 g/mol. The highest BCUT2D eigenvalue weighted by atomic mass is 19.2. The monoisotopic (exact) mass is 280 g/mol. The molecule has 1 aromatic heterocycles. The number of benzene rings is 1. The van der Waals surface area contributed by atoms with Crippen LogP contribution in [0.15, 0.2) is 24.3 Å². The molecule has 3 nitrogen and oxygen atoms in total. The fourth-order valence-corrected chi connectivity index (χ4v) is 2.31. The first-order chi connectivity index (χ1) is 9.51. The highest BCUT2D eigenvalue weighted by molar-refractivity contribution is 5.20. The van der Waals surface area contributed by atoms with Crippen molar-refractivity contribution in [3.05, 3.63) is 52.9 Å². The summed E-state index contributed by atoms with van der Waals surface area (Å²) in [6, 6.07) is 5.90. The first-order valence-electron chi connectivity index (χ1n) is 6.65. The second-order valence-corrected chi connectivity index (χ2v) is 4.87. The van der Waals surface area contributed by atoms with Gasteiger partial charge in [-0.2, -0.15) is 5.10 Å². The van der Waals surface area contributed by atoms with Crippen molar-refractivity contribution < 1.29 is 13.9 Å². The molecule has 108 valence electrons. The van der Waals surface area contributed by atoms with Gasteiger partial charge >= 0.3 is 0 Å². The first kappa shape index (κ1) is 14.7. The maximum atomic E-state index is 13.5. The van der Waals surface area contributed by atoms with Gasteiger partial charge in [-0.3, -0.25) is 4.68 Å². The van der Waals surface area contributed by atoms with Crippen LogP contribution in [0.5, 0.6) is 0 Å². The van der Waals surface area contributed by atoms with E-state index in [4.69, 9.17) is 0 Å². The fraction of sp³-hybridized carbons (Fsp3) is 0.400. The molecule has 0 radical (unpaired) electrons. The van der Waals surface area contributed by atoms with Crippen molar-refractivity contribution >= 4 is 0 Å². The van der Waals surface area contributed by atoms with Crippen molar-refractivity contribution in [3.63, 3.8) is 0 Å². The topological polar surface area (TPSA) is 38.0 Å². The third kappa shape index (κ3) is 3.22. The average Bonchev–Trinajstić information content (AvgIpc) is 2.75. The zero-order chi connectivity index (χ0) is 14.7. The number of aliphatic hydroxyl groups excluding tert-OH is 1. The Kier molecular flexibility index (Phi) is 4.49. The molecule has 1 unspecified atom stereocenters.